The predicted octanol–water partition coefficient (Wildman–Crippen LogP) is 1.01. The van der Waals surface area contributed by atoms with Gasteiger partial charge in [0.15, 0.2) is 0 Å². The summed E-state index contributed by atoms with van der Waals surface area (Å²) in [5.74, 6) is 0. The third-order valence-electron chi connectivity index (χ3n) is 2.56. The van der Waals surface area contributed by atoms with Crippen LogP contribution in [0.4, 0.5) is 5.69 Å². The number of rotatable bonds is 5. The highest BCUT2D eigenvalue weighted by Crippen LogP contribution is 2.22. The van der Waals surface area contributed by atoms with E-state index in [1.807, 2.05) is 0 Å². The van der Waals surface area contributed by atoms with Crippen molar-refractivity contribution >= 4 is 15.7 Å². The van der Waals surface area contributed by atoms with E-state index < -0.39 is 16.1 Å². The van der Waals surface area contributed by atoms with Gasteiger partial charge in [0.1, 0.15) is 4.90 Å². The quantitative estimate of drug-likeness (QED) is 0.698. The first-order valence-electron chi connectivity index (χ1n) is 5.79. The van der Waals surface area contributed by atoms with Crippen LogP contribution in [0.1, 0.15) is 25.8 Å². The fraction of sp³-hybridized carbons (Fsp3) is 0.500. The van der Waals surface area contributed by atoms with Crippen molar-refractivity contribution in [2.45, 2.75) is 44.2 Å². The van der Waals surface area contributed by atoms with Crippen LogP contribution in [0.15, 0.2) is 23.1 Å². The fourth-order valence-corrected chi connectivity index (χ4v) is 3.54. The van der Waals surface area contributed by atoms with Crippen molar-refractivity contribution in [2.24, 2.45) is 0 Å². The van der Waals surface area contributed by atoms with Crippen molar-refractivity contribution in [2.75, 3.05) is 5.73 Å². The van der Waals surface area contributed by atoms with Gasteiger partial charge in [0.2, 0.25) is 10.0 Å². The van der Waals surface area contributed by atoms with Crippen molar-refractivity contribution in [1.29, 1.82) is 0 Å². The Morgan fingerprint density at radius 2 is 2.00 bits per heavy atom. The molecule has 18 heavy (non-hydrogen) atoms. The van der Waals surface area contributed by atoms with Crippen LogP contribution in [0.5, 0.6) is 0 Å². The molecule has 0 spiro atoms. The zero-order valence-electron chi connectivity index (χ0n) is 10.8. The number of benzene rings is 1. The number of aryl methyl sites for hydroxylation is 1. The second-order valence-corrected chi connectivity index (χ2v) is 6.25. The molecule has 0 aromatic heterocycles. The summed E-state index contributed by atoms with van der Waals surface area (Å²) >= 11 is 0. The summed E-state index contributed by atoms with van der Waals surface area (Å²) in [6, 6.07) is 4.61. The van der Waals surface area contributed by atoms with Crippen LogP contribution in [0.25, 0.3) is 0 Å². The van der Waals surface area contributed by atoms with Gasteiger partial charge < -0.3 is 10.8 Å². The van der Waals surface area contributed by atoms with Gasteiger partial charge in [-0.15, -0.1) is 0 Å². The van der Waals surface area contributed by atoms with E-state index in [1.54, 1.807) is 39.0 Å². The summed E-state index contributed by atoms with van der Waals surface area (Å²) in [5.41, 5.74) is 6.55. The summed E-state index contributed by atoms with van der Waals surface area (Å²) in [6.07, 6.45) is -0.206. The number of sulfonamides is 1. The average molecular weight is 272 g/mol. The first kappa shape index (κ1) is 14.9. The number of nitrogens with one attached hydrogen (secondary N) is 1. The van der Waals surface area contributed by atoms with E-state index >= 15 is 0 Å². The number of hydrogen-bond acceptors (Lipinski definition) is 4. The molecule has 6 heteroatoms. The van der Waals surface area contributed by atoms with Crippen molar-refractivity contribution in [3.63, 3.8) is 0 Å². The minimum atomic E-state index is -3.65. The van der Waals surface area contributed by atoms with E-state index in [0.717, 1.165) is 0 Å². The highest BCUT2D eigenvalue weighted by Gasteiger charge is 2.22. The lowest BCUT2D eigenvalue weighted by atomic mass is 10.2. The van der Waals surface area contributed by atoms with E-state index in [1.165, 1.54) is 0 Å². The zero-order valence-corrected chi connectivity index (χ0v) is 11.7. The van der Waals surface area contributed by atoms with Gasteiger partial charge in [0, 0.05) is 6.04 Å². The molecule has 2 atom stereocenters. The van der Waals surface area contributed by atoms with Crippen molar-refractivity contribution in [3.05, 3.63) is 23.8 Å². The molecule has 0 aliphatic rings. The Kier molecular flexibility index (Phi) is 4.72. The summed E-state index contributed by atoms with van der Waals surface area (Å²) in [7, 11) is -3.65. The van der Waals surface area contributed by atoms with E-state index in [-0.39, 0.29) is 16.6 Å². The molecular weight excluding hydrogens is 252 g/mol. The van der Waals surface area contributed by atoms with Gasteiger partial charge in [0.25, 0.3) is 0 Å². The largest absolute Gasteiger partial charge is 0.398 e. The molecule has 0 heterocycles. The summed E-state index contributed by atoms with van der Waals surface area (Å²) < 4.78 is 26.9. The molecule has 0 amide bonds. The maximum atomic E-state index is 12.2. The van der Waals surface area contributed by atoms with Gasteiger partial charge in [-0.05, 0) is 38.8 Å². The number of aliphatic hydroxyl groups is 1. The standard InChI is InChI=1S/C12H20N2O3S/c1-8-5-4-6-11(13)12(8)18(16,17)14-9(2)7-10(3)15/h4-6,9-10,14-15H,7,13H2,1-3H3. The lowest BCUT2D eigenvalue weighted by molar-refractivity contribution is 0.175. The molecular formula is C12H20N2O3S. The topological polar surface area (TPSA) is 92.4 Å². The lowest BCUT2D eigenvalue weighted by Crippen LogP contribution is -2.35. The summed E-state index contributed by atoms with van der Waals surface area (Å²) in [5, 5.41) is 9.24. The van der Waals surface area contributed by atoms with Crippen molar-refractivity contribution < 1.29 is 13.5 Å². The number of anilines is 1. The van der Waals surface area contributed by atoms with Gasteiger partial charge in [-0.1, -0.05) is 12.1 Å². The molecule has 4 N–H and O–H groups in total. The minimum Gasteiger partial charge on any atom is -0.398 e. The highest BCUT2D eigenvalue weighted by molar-refractivity contribution is 7.89. The van der Waals surface area contributed by atoms with E-state index in [9.17, 15) is 13.5 Å². The molecule has 5 nitrogen and oxygen atoms in total. The molecule has 0 bridgehead atoms. The van der Waals surface area contributed by atoms with Crippen LogP contribution in [-0.4, -0.2) is 25.7 Å². The second-order valence-electron chi connectivity index (χ2n) is 4.60. The maximum Gasteiger partial charge on any atom is 0.243 e. The van der Waals surface area contributed by atoms with Crippen LogP contribution in [0, 0.1) is 6.92 Å². The lowest BCUT2D eigenvalue weighted by Gasteiger charge is -2.17. The summed E-state index contributed by atoms with van der Waals surface area (Å²) in [6.45, 7) is 5.02. The Hall–Kier alpha value is -1.11. The molecule has 1 aromatic carbocycles. The molecule has 1 rings (SSSR count). The number of nitrogen functional groups attached to an aromatic ring is 1. The molecule has 0 aliphatic heterocycles. The third kappa shape index (κ3) is 3.69. The average Bonchev–Trinajstić information content (AvgIpc) is 2.13. The van der Waals surface area contributed by atoms with E-state index in [2.05, 4.69) is 4.72 Å². The van der Waals surface area contributed by atoms with Crippen LogP contribution >= 0.6 is 0 Å². The van der Waals surface area contributed by atoms with E-state index in [4.69, 9.17) is 5.73 Å². The Morgan fingerprint density at radius 1 is 1.39 bits per heavy atom. The highest BCUT2D eigenvalue weighted by atomic mass is 32.2. The number of hydrogen-bond donors (Lipinski definition) is 3. The van der Waals surface area contributed by atoms with Gasteiger partial charge in [-0.2, -0.15) is 0 Å². The molecule has 0 saturated heterocycles. The van der Waals surface area contributed by atoms with Crippen molar-refractivity contribution in [3.8, 4) is 0 Å². The summed E-state index contributed by atoms with van der Waals surface area (Å²) in [4.78, 5) is 0.113. The van der Waals surface area contributed by atoms with Crippen LogP contribution in [-0.2, 0) is 10.0 Å². The Labute approximate surface area is 108 Å². The second kappa shape index (κ2) is 5.69. The van der Waals surface area contributed by atoms with E-state index in [0.29, 0.717) is 12.0 Å². The molecule has 102 valence electrons. The zero-order chi connectivity index (χ0) is 13.9. The van der Waals surface area contributed by atoms with Crippen LogP contribution < -0.4 is 10.5 Å². The monoisotopic (exact) mass is 272 g/mol. The first-order chi connectivity index (χ1) is 8.24. The van der Waals surface area contributed by atoms with Gasteiger partial charge in [-0.3, -0.25) is 0 Å². The Bertz CT molecular complexity index is 492. The Balaban J connectivity index is 3.00. The fourth-order valence-electron chi connectivity index (χ4n) is 1.93. The van der Waals surface area contributed by atoms with Gasteiger partial charge in [0.05, 0.1) is 11.8 Å². The molecule has 0 fully saturated rings. The normalized spacial score (nSPS) is 15.3. The number of aliphatic hydroxyl groups excluding tert-OH is 1. The molecule has 2 unspecified atom stereocenters. The smallest absolute Gasteiger partial charge is 0.243 e. The van der Waals surface area contributed by atoms with Crippen LogP contribution in [0.3, 0.4) is 0 Å². The maximum absolute atomic E-state index is 12.2. The van der Waals surface area contributed by atoms with Gasteiger partial charge >= 0.3 is 0 Å². The Morgan fingerprint density at radius 3 is 2.50 bits per heavy atom. The molecule has 0 saturated carbocycles. The molecule has 0 radical (unpaired) electrons. The van der Waals surface area contributed by atoms with Gasteiger partial charge in [-0.25, -0.2) is 13.1 Å². The molecule has 0 aliphatic carbocycles. The predicted molar refractivity (Wildman–Crippen MR) is 71.7 cm³/mol. The third-order valence-corrected chi connectivity index (χ3v) is 4.37. The molecule has 1 aromatic rings. The van der Waals surface area contributed by atoms with Crippen LogP contribution in [0.2, 0.25) is 0 Å². The minimum absolute atomic E-state index is 0.113. The number of nitrogens with two attached hydrogens (primary N) is 1. The first-order valence-corrected chi connectivity index (χ1v) is 7.28. The van der Waals surface area contributed by atoms with Crippen molar-refractivity contribution in [1.82, 2.24) is 4.72 Å². The SMILES string of the molecule is Cc1cccc(N)c1S(=O)(=O)NC(C)CC(C)O.